The Kier molecular flexibility index (Phi) is 3.53. The molecule has 0 saturated carbocycles. The number of aryl methyl sites for hydroxylation is 2. The van der Waals surface area contributed by atoms with Crippen molar-refractivity contribution in [2.24, 2.45) is 7.05 Å². The zero-order chi connectivity index (χ0) is 12.3. The second-order valence-corrected chi connectivity index (χ2v) is 4.00. The molecule has 1 N–H and O–H groups in total. The average molecular weight is 234 g/mol. The van der Waals surface area contributed by atoms with Crippen LogP contribution in [-0.2, 0) is 13.6 Å². The quantitative estimate of drug-likeness (QED) is 0.828. The van der Waals surface area contributed by atoms with Gasteiger partial charge in [-0.2, -0.15) is 0 Å². The summed E-state index contributed by atoms with van der Waals surface area (Å²) in [6, 6.07) is 0.0246. The Morgan fingerprint density at radius 1 is 1.47 bits per heavy atom. The van der Waals surface area contributed by atoms with Crippen LogP contribution in [0.1, 0.15) is 30.9 Å². The van der Waals surface area contributed by atoms with E-state index < -0.39 is 0 Å². The van der Waals surface area contributed by atoms with Crippen LogP contribution in [0.2, 0.25) is 0 Å². The molecule has 1 atom stereocenters. The Labute approximate surface area is 101 Å². The van der Waals surface area contributed by atoms with Gasteiger partial charge in [-0.25, -0.2) is 9.67 Å². The molecule has 0 aliphatic carbocycles. The minimum Gasteiger partial charge on any atom is -0.336 e. The van der Waals surface area contributed by atoms with E-state index in [0.717, 1.165) is 24.5 Å². The summed E-state index contributed by atoms with van der Waals surface area (Å²) in [7, 11) is 3.91. The van der Waals surface area contributed by atoms with Crippen molar-refractivity contribution in [1.29, 1.82) is 0 Å². The van der Waals surface area contributed by atoms with E-state index in [0.29, 0.717) is 0 Å². The second kappa shape index (κ2) is 5.09. The number of imidazole rings is 1. The number of nitrogens with one attached hydrogen (secondary N) is 1. The molecule has 0 radical (unpaired) electrons. The maximum absolute atomic E-state index is 4.38. The molecule has 0 saturated heterocycles. The third-order valence-electron chi connectivity index (χ3n) is 2.78. The maximum Gasteiger partial charge on any atom is 0.131 e. The second-order valence-electron chi connectivity index (χ2n) is 4.00. The smallest absolute Gasteiger partial charge is 0.131 e. The minimum atomic E-state index is 0.0246. The highest BCUT2D eigenvalue weighted by molar-refractivity contribution is 5.15. The fraction of sp³-hybridized carbons (Fsp3) is 0.545. The molecule has 2 rings (SSSR count). The zero-order valence-electron chi connectivity index (χ0n) is 10.5. The molecule has 92 valence electrons. The van der Waals surface area contributed by atoms with Crippen molar-refractivity contribution >= 4 is 0 Å². The molecule has 0 fully saturated rings. The van der Waals surface area contributed by atoms with Crippen LogP contribution in [0, 0.1) is 0 Å². The van der Waals surface area contributed by atoms with Gasteiger partial charge in [-0.05, 0) is 13.5 Å². The van der Waals surface area contributed by atoms with Gasteiger partial charge in [0.25, 0.3) is 0 Å². The van der Waals surface area contributed by atoms with Gasteiger partial charge in [0.05, 0.1) is 11.9 Å². The standard InChI is InChI=1S/C11H18N6/c1-4-6-17-9(8-14-15-17)10(12-2)11-13-5-7-16(11)3/h5,7-8,10,12H,4,6H2,1-3H3. The third-order valence-corrected chi connectivity index (χ3v) is 2.78. The van der Waals surface area contributed by atoms with Gasteiger partial charge in [-0.3, -0.25) is 0 Å². The van der Waals surface area contributed by atoms with Crippen LogP contribution < -0.4 is 5.32 Å². The van der Waals surface area contributed by atoms with Gasteiger partial charge >= 0.3 is 0 Å². The molecule has 0 aliphatic heterocycles. The summed E-state index contributed by atoms with van der Waals surface area (Å²) in [6.45, 7) is 3.00. The van der Waals surface area contributed by atoms with Crippen LogP contribution in [-0.4, -0.2) is 31.6 Å². The lowest BCUT2D eigenvalue weighted by molar-refractivity contribution is 0.507. The highest BCUT2D eigenvalue weighted by Gasteiger charge is 2.20. The number of nitrogens with zero attached hydrogens (tertiary/aromatic N) is 5. The van der Waals surface area contributed by atoms with Crippen LogP contribution in [0.4, 0.5) is 0 Å². The van der Waals surface area contributed by atoms with Crippen molar-refractivity contribution < 1.29 is 0 Å². The highest BCUT2D eigenvalue weighted by atomic mass is 15.4. The van der Waals surface area contributed by atoms with E-state index in [1.165, 1.54) is 0 Å². The molecule has 0 aromatic carbocycles. The SMILES string of the molecule is CCCn1nncc1C(NC)c1nccn1C. The lowest BCUT2D eigenvalue weighted by atomic mass is 10.2. The van der Waals surface area contributed by atoms with E-state index in [1.54, 1.807) is 12.4 Å². The lowest BCUT2D eigenvalue weighted by Gasteiger charge is -2.16. The van der Waals surface area contributed by atoms with E-state index in [-0.39, 0.29) is 6.04 Å². The van der Waals surface area contributed by atoms with Gasteiger partial charge in [-0.1, -0.05) is 12.1 Å². The number of aromatic nitrogens is 5. The Morgan fingerprint density at radius 2 is 2.29 bits per heavy atom. The van der Waals surface area contributed by atoms with E-state index in [4.69, 9.17) is 0 Å². The molecule has 6 nitrogen and oxygen atoms in total. The predicted octanol–water partition coefficient (Wildman–Crippen LogP) is 0.730. The van der Waals surface area contributed by atoms with E-state index in [9.17, 15) is 0 Å². The van der Waals surface area contributed by atoms with Crippen molar-refractivity contribution in [3.05, 3.63) is 30.1 Å². The Morgan fingerprint density at radius 3 is 2.88 bits per heavy atom. The van der Waals surface area contributed by atoms with E-state index in [2.05, 4.69) is 27.5 Å². The molecule has 1 unspecified atom stereocenters. The van der Waals surface area contributed by atoms with Crippen LogP contribution in [0.3, 0.4) is 0 Å². The van der Waals surface area contributed by atoms with E-state index >= 15 is 0 Å². The van der Waals surface area contributed by atoms with Crippen molar-refractivity contribution in [2.45, 2.75) is 25.9 Å². The Bertz CT molecular complexity index is 472. The highest BCUT2D eigenvalue weighted by Crippen LogP contribution is 2.18. The van der Waals surface area contributed by atoms with Crippen molar-refractivity contribution in [1.82, 2.24) is 29.9 Å². The molecule has 2 aromatic heterocycles. The first-order valence-corrected chi connectivity index (χ1v) is 5.80. The Balaban J connectivity index is 2.35. The summed E-state index contributed by atoms with van der Waals surface area (Å²) in [5.41, 5.74) is 1.05. The predicted molar refractivity (Wildman–Crippen MR) is 64.4 cm³/mol. The molecular formula is C11H18N6. The normalized spacial score (nSPS) is 12.9. The molecule has 2 aromatic rings. The molecule has 6 heteroatoms. The van der Waals surface area contributed by atoms with Crippen molar-refractivity contribution in [2.75, 3.05) is 7.05 Å². The number of hydrogen-bond acceptors (Lipinski definition) is 4. The first kappa shape index (κ1) is 11.8. The Hall–Kier alpha value is -1.69. The van der Waals surface area contributed by atoms with Gasteiger partial charge in [-0.15, -0.1) is 5.10 Å². The minimum absolute atomic E-state index is 0.0246. The van der Waals surface area contributed by atoms with Crippen LogP contribution in [0.15, 0.2) is 18.6 Å². The molecular weight excluding hydrogens is 216 g/mol. The summed E-state index contributed by atoms with van der Waals surface area (Å²) in [5, 5.41) is 11.4. The molecule has 17 heavy (non-hydrogen) atoms. The summed E-state index contributed by atoms with van der Waals surface area (Å²) in [5.74, 6) is 0.965. The zero-order valence-corrected chi connectivity index (χ0v) is 10.5. The fourth-order valence-electron chi connectivity index (χ4n) is 1.94. The van der Waals surface area contributed by atoms with Gasteiger partial charge in [0.2, 0.25) is 0 Å². The van der Waals surface area contributed by atoms with Crippen LogP contribution >= 0.6 is 0 Å². The first-order valence-electron chi connectivity index (χ1n) is 5.80. The summed E-state index contributed by atoms with van der Waals surface area (Å²) in [4.78, 5) is 4.38. The molecule has 0 aliphatic rings. The van der Waals surface area contributed by atoms with Gasteiger partial charge < -0.3 is 9.88 Å². The summed E-state index contributed by atoms with van der Waals surface area (Å²) >= 11 is 0. The van der Waals surface area contributed by atoms with Crippen molar-refractivity contribution in [3.63, 3.8) is 0 Å². The number of rotatable bonds is 5. The fourth-order valence-corrected chi connectivity index (χ4v) is 1.94. The average Bonchev–Trinajstić information content (AvgIpc) is 2.92. The summed E-state index contributed by atoms with van der Waals surface area (Å²) < 4.78 is 3.93. The maximum atomic E-state index is 4.38. The molecule has 0 bridgehead atoms. The lowest BCUT2D eigenvalue weighted by Crippen LogP contribution is -2.24. The largest absolute Gasteiger partial charge is 0.336 e. The molecule has 0 spiro atoms. The van der Waals surface area contributed by atoms with E-state index in [1.807, 2.05) is 29.5 Å². The van der Waals surface area contributed by atoms with Gasteiger partial charge in [0.15, 0.2) is 0 Å². The van der Waals surface area contributed by atoms with Crippen LogP contribution in [0.25, 0.3) is 0 Å². The van der Waals surface area contributed by atoms with Crippen molar-refractivity contribution in [3.8, 4) is 0 Å². The number of hydrogen-bond donors (Lipinski definition) is 1. The van der Waals surface area contributed by atoms with Gasteiger partial charge in [0, 0.05) is 26.0 Å². The third kappa shape index (κ3) is 2.21. The van der Waals surface area contributed by atoms with Gasteiger partial charge in [0.1, 0.15) is 11.9 Å². The first-order chi connectivity index (χ1) is 8.27. The summed E-state index contributed by atoms with van der Waals surface area (Å²) in [6.07, 6.45) is 6.57. The topological polar surface area (TPSA) is 60.6 Å². The monoisotopic (exact) mass is 234 g/mol. The van der Waals surface area contributed by atoms with Crippen LogP contribution in [0.5, 0.6) is 0 Å². The molecule has 0 amide bonds. The molecule has 2 heterocycles.